The van der Waals surface area contributed by atoms with Gasteiger partial charge in [-0.1, -0.05) is 0 Å². The SMILES string of the molecule is C[N]CCC[N]C. The van der Waals surface area contributed by atoms with Crippen LogP contribution in [0.3, 0.4) is 0 Å². The van der Waals surface area contributed by atoms with Crippen molar-refractivity contribution >= 4 is 0 Å². The van der Waals surface area contributed by atoms with Gasteiger partial charge in [0.2, 0.25) is 0 Å². The summed E-state index contributed by atoms with van der Waals surface area (Å²) in [4.78, 5) is 0. The Morgan fingerprint density at radius 3 is 1.71 bits per heavy atom. The summed E-state index contributed by atoms with van der Waals surface area (Å²) in [5.74, 6) is 0. The van der Waals surface area contributed by atoms with Gasteiger partial charge in [-0.05, 0) is 6.42 Å². The van der Waals surface area contributed by atoms with E-state index in [1.165, 1.54) is 0 Å². The molecule has 0 aromatic heterocycles. The summed E-state index contributed by atoms with van der Waals surface area (Å²) in [6, 6.07) is 0. The highest BCUT2D eigenvalue weighted by Crippen LogP contribution is 1.70. The zero-order valence-corrected chi connectivity index (χ0v) is 5.02. The lowest BCUT2D eigenvalue weighted by Gasteiger charge is -1.91. The Morgan fingerprint density at radius 2 is 1.43 bits per heavy atom. The van der Waals surface area contributed by atoms with Crippen molar-refractivity contribution in [3.63, 3.8) is 0 Å². The molecule has 0 aromatic rings. The van der Waals surface area contributed by atoms with Crippen molar-refractivity contribution < 1.29 is 0 Å². The Labute approximate surface area is 45.3 Å². The number of hydrogen-bond donors (Lipinski definition) is 0. The zero-order valence-electron chi connectivity index (χ0n) is 5.02. The predicted molar refractivity (Wildman–Crippen MR) is 30.5 cm³/mol. The summed E-state index contributed by atoms with van der Waals surface area (Å²) in [7, 11) is 3.66. The van der Waals surface area contributed by atoms with Gasteiger partial charge in [0, 0.05) is 27.2 Å². The highest BCUT2D eigenvalue weighted by atomic mass is 14.8. The molecule has 0 N–H and O–H groups in total. The Bertz CT molecular complexity index is 25.3. The maximum Gasteiger partial charge on any atom is 0.0142 e. The first kappa shape index (κ1) is 6.92. The van der Waals surface area contributed by atoms with Gasteiger partial charge in [0.15, 0.2) is 0 Å². The molecule has 0 spiro atoms. The molecule has 2 heteroatoms. The van der Waals surface area contributed by atoms with Gasteiger partial charge in [0.05, 0.1) is 0 Å². The Hall–Kier alpha value is -0.0800. The van der Waals surface area contributed by atoms with E-state index in [9.17, 15) is 0 Å². The molecular formula is C5H12N2. The molecule has 0 unspecified atom stereocenters. The Balaban J connectivity index is 2.45. The van der Waals surface area contributed by atoms with Crippen LogP contribution in [0.4, 0.5) is 0 Å². The van der Waals surface area contributed by atoms with Crippen molar-refractivity contribution in [3.05, 3.63) is 0 Å². The van der Waals surface area contributed by atoms with Crippen LogP contribution in [0.1, 0.15) is 6.42 Å². The number of rotatable bonds is 4. The summed E-state index contributed by atoms with van der Waals surface area (Å²) < 4.78 is 0. The van der Waals surface area contributed by atoms with Crippen LogP contribution in [0.2, 0.25) is 0 Å². The van der Waals surface area contributed by atoms with E-state index in [0.29, 0.717) is 0 Å². The van der Waals surface area contributed by atoms with Crippen LogP contribution in [0.5, 0.6) is 0 Å². The third-order valence-corrected chi connectivity index (χ3v) is 0.763. The molecule has 2 nitrogen and oxygen atoms in total. The molecule has 0 bridgehead atoms. The normalized spacial score (nSPS) is 9.43. The van der Waals surface area contributed by atoms with E-state index in [2.05, 4.69) is 10.6 Å². The quantitative estimate of drug-likeness (QED) is 0.439. The highest BCUT2D eigenvalue weighted by Gasteiger charge is 1.80. The molecule has 0 saturated heterocycles. The van der Waals surface area contributed by atoms with Crippen molar-refractivity contribution in [1.29, 1.82) is 0 Å². The minimum absolute atomic E-state index is 0.956. The molecule has 0 aliphatic rings. The average molecular weight is 100 g/mol. The van der Waals surface area contributed by atoms with E-state index in [1.54, 1.807) is 0 Å². The summed E-state index contributed by atoms with van der Waals surface area (Å²) in [6.07, 6.45) is 1.10. The predicted octanol–water partition coefficient (Wildman–Crippen LogP) is -0.155. The molecule has 2 radical (unpaired) electrons. The molecular weight excluding hydrogens is 88.1 g/mol. The van der Waals surface area contributed by atoms with E-state index in [4.69, 9.17) is 0 Å². The van der Waals surface area contributed by atoms with Gasteiger partial charge in [-0.25, -0.2) is 10.6 Å². The fourth-order valence-corrected chi connectivity index (χ4v) is 0.387. The molecule has 0 aliphatic carbocycles. The van der Waals surface area contributed by atoms with Gasteiger partial charge < -0.3 is 0 Å². The largest absolute Gasteiger partial charge is 0.245 e. The molecule has 0 heterocycles. The summed E-state index contributed by atoms with van der Waals surface area (Å²) in [6.45, 7) is 1.91. The molecule has 0 atom stereocenters. The lowest BCUT2D eigenvalue weighted by molar-refractivity contribution is 0.662. The zero-order chi connectivity index (χ0) is 5.54. The van der Waals surface area contributed by atoms with Gasteiger partial charge in [-0.2, -0.15) is 0 Å². The minimum Gasteiger partial charge on any atom is -0.245 e. The first-order chi connectivity index (χ1) is 3.41. The van der Waals surface area contributed by atoms with E-state index in [1.807, 2.05) is 14.1 Å². The Morgan fingerprint density at radius 1 is 1.00 bits per heavy atom. The standard InChI is InChI=1S/C5H12N2/c1-6-4-3-5-7-2/h3-5H2,1-2H3. The van der Waals surface area contributed by atoms with Crippen LogP contribution in [0.15, 0.2) is 0 Å². The third-order valence-electron chi connectivity index (χ3n) is 0.763. The van der Waals surface area contributed by atoms with Crippen LogP contribution in [-0.2, 0) is 0 Å². The van der Waals surface area contributed by atoms with E-state index >= 15 is 0 Å². The van der Waals surface area contributed by atoms with Crippen molar-refractivity contribution in [2.75, 3.05) is 27.2 Å². The maximum absolute atomic E-state index is 3.91. The average Bonchev–Trinajstić information content (AvgIpc) is 1.69. The lowest BCUT2D eigenvalue weighted by Crippen LogP contribution is -2.06. The van der Waals surface area contributed by atoms with Gasteiger partial charge in [-0.15, -0.1) is 0 Å². The van der Waals surface area contributed by atoms with Crippen LogP contribution in [0.25, 0.3) is 0 Å². The molecule has 0 rings (SSSR count). The molecule has 0 saturated carbocycles. The molecule has 42 valence electrons. The van der Waals surface area contributed by atoms with Crippen molar-refractivity contribution in [1.82, 2.24) is 10.6 Å². The summed E-state index contributed by atoms with van der Waals surface area (Å²) in [5.41, 5.74) is 0. The van der Waals surface area contributed by atoms with Crippen LogP contribution in [-0.4, -0.2) is 27.2 Å². The first-order valence-electron chi connectivity index (χ1n) is 2.53. The third kappa shape index (κ3) is 5.92. The fourth-order valence-electron chi connectivity index (χ4n) is 0.387. The molecule has 0 fully saturated rings. The van der Waals surface area contributed by atoms with Gasteiger partial charge in [0.25, 0.3) is 0 Å². The monoisotopic (exact) mass is 100 g/mol. The van der Waals surface area contributed by atoms with Crippen LogP contribution in [0, 0.1) is 0 Å². The van der Waals surface area contributed by atoms with Gasteiger partial charge in [-0.3, -0.25) is 0 Å². The smallest absolute Gasteiger partial charge is 0.0142 e. The van der Waals surface area contributed by atoms with E-state index < -0.39 is 0 Å². The van der Waals surface area contributed by atoms with E-state index in [-0.39, 0.29) is 0 Å². The molecule has 7 heavy (non-hydrogen) atoms. The van der Waals surface area contributed by atoms with Gasteiger partial charge in [0.1, 0.15) is 0 Å². The summed E-state index contributed by atoms with van der Waals surface area (Å²) >= 11 is 0. The molecule has 0 aliphatic heterocycles. The fraction of sp³-hybridized carbons (Fsp3) is 1.00. The maximum atomic E-state index is 3.91. The van der Waals surface area contributed by atoms with E-state index in [0.717, 1.165) is 19.5 Å². The minimum atomic E-state index is 0.956. The first-order valence-corrected chi connectivity index (χ1v) is 2.53. The van der Waals surface area contributed by atoms with Crippen LogP contribution >= 0.6 is 0 Å². The number of nitrogens with zero attached hydrogens (tertiary/aromatic N) is 2. The topological polar surface area (TPSA) is 28.2 Å². The van der Waals surface area contributed by atoms with Gasteiger partial charge >= 0.3 is 0 Å². The number of hydrogen-bond acceptors (Lipinski definition) is 0. The summed E-state index contributed by atoms with van der Waals surface area (Å²) in [5, 5.41) is 7.83. The lowest BCUT2D eigenvalue weighted by atomic mass is 10.4. The molecule has 0 aromatic carbocycles. The second-order valence-electron chi connectivity index (χ2n) is 1.43. The molecule has 0 amide bonds. The Kier molecular flexibility index (Phi) is 5.85. The second kappa shape index (κ2) is 5.92. The van der Waals surface area contributed by atoms with Crippen molar-refractivity contribution in [2.24, 2.45) is 0 Å². The highest BCUT2D eigenvalue weighted by molar-refractivity contribution is 4.41. The van der Waals surface area contributed by atoms with Crippen molar-refractivity contribution in [2.45, 2.75) is 6.42 Å². The second-order valence-corrected chi connectivity index (χ2v) is 1.43. The van der Waals surface area contributed by atoms with Crippen LogP contribution < -0.4 is 10.6 Å². The van der Waals surface area contributed by atoms with Crippen molar-refractivity contribution in [3.8, 4) is 0 Å².